The molecule has 0 bridgehead atoms. The third kappa shape index (κ3) is 4.73. The highest BCUT2D eigenvalue weighted by Gasteiger charge is 2.22. The van der Waals surface area contributed by atoms with Crippen LogP contribution < -0.4 is 10.6 Å². The number of nitrogens with zero attached hydrogens (tertiary/aromatic N) is 5. The third-order valence-corrected chi connectivity index (χ3v) is 7.22. The maximum atomic E-state index is 12.8. The minimum atomic E-state index is -0.114. The summed E-state index contributed by atoms with van der Waals surface area (Å²) in [5.41, 5.74) is 3.19. The lowest BCUT2D eigenvalue weighted by atomic mass is 10.1. The largest absolute Gasteiger partial charge is 0.362 e. The Morgan fingerprint density at radius 2 is 2.09 bits per heavy atom. The number of nitrogens with one attached hydrogen (secondary N) is 2. The van der Waals surface area contributed by atoms with Crippen LogP contribution in [0.25, 0.3) is 11.2 Å². The van der Waals surface area contributed by atoms with Gasteiger partial charge in [0, 0.05) is 18.2 Å². The molecule has 1 aromatic carbocycles. The second-order valence-electron chi connectivity index (χ2n) is 8.44. The molecule has 0 radical (unpaired) electrons. The number of hydrogen-bond donors (Lipinski definition) is 2. The number of anilines is 2. The lowest BCUT2D eigenvalue weighted by Gasteiger charge is -2.16. The van der Waals surface area contributed by atoms with Crippen LogP contribution in [0.2, 0.25) is 0 Å². The van der Waals surface area contributed by atoms with Crippen LogP contribution in [0.4, 0.5) is 11.5 Å². The lowest BCUT2D eigenvalue weighted by Crippen LogP contribution is -2.12. The van der Waals surface area contributed by atoms with Gasteiger partial charge >= 0.3 is 0 Å². The molecule has 2 N–H and O–H groups in total. The second-order valence-corrected chi connectivity index (χ2v) is 9.50. The van der Waals surface area contributed by atoms with Crippen LogP contribution in [0, 0.1) is 0 Å². The standard InChI is InChI=1S/C24H27N7OS/c1-3-31-14-19-22(30-31)29-21(13-25-19)27-15(2)17-9-6-10-18(11-17)28-23(32)20-12-26-24(33-20)16-7-4-5-8-16/h6,9-16H,3-5,7-8H2,1-2H3,(H,28,32)(H,27,29,30)/t15-/m0/s1. The summed E-state index contributed by atoms with van der Waals surface area (Å²) in [4.78, 5) is 27.0. The normalized spacial score (nSPS) is 15.1. The zero-order valence-electron chi connectivity index (χ0n) is 18.8. The van der Waals surface area contributed by atoms with Crippen molar-refractivity contribution in [3.8, 4) is 0 Å². The Morgan fingerprint density at radius 3 is 2.91 bits per heavy atom. The van der Waals surface area contributed by atoms with Crippen LogP contribution in [0.3, 0.4) is 0 Å². The number of rotatable bonds is 7. The Bertz CT molecular complexity index is 1270. The summed E-state index contributed by atoms with van der Waals surface area (Å²) in [5, 5.41) is 11.9. The van der Waals surface area contributed by atoms with Crippen LogP contribution in [0.15, 0.2) is 42.9 Å². The van der Waals surface area contributed by atoms with E-state index < -0.39 is 0 Å². The van der Waals surface area contributed by atoms with Gasteiger partial charge < -0.3 is 10.6 Å². The number of aryl methyl sites for hydroxylation is 1. The van der Waals surface area contributed by atoms with E-state index in [0.717, 1.165) is 28.3 Å². The molecule has 33 heavy (non-hydrogen) atoms. The fraction of sp³-hybridized carbons (Fsp3) is 0.375. The highest BCUT2D eigenvalue weighted by molar-refractivity contribution is 7.13. The van der Waals surface area contributed by atoms with Gasteiger partial charge in [-0.1, -0.05) is 25.0 Å². The number of hydrogen-bond acceptors (Lipinski definition) is 7. The first kappa shape index (κ1) is 21.5. The Morgan fingerprint density at radius 1 is 1.24 bits per heavy atom. The highest BCUT2D eigenvalue weighted by Crippen LogP contribution is 2.36. The Balaban J connectivity index is 1.26. The van der Waals surface area contributed by atoms with E-state index >= 15 is 0 Å². The van der Waals surface area contributed by atoms with Crippen LogP contribution in [0.1, 0.15) is 71.7 Å². The third-order valence-electron chi connectivity index (χ3n) is 6.06. The van der Waals surface area contributed by atoms with Crippen molar-refractivity contribution in [1.29, 1.82) is 0 Å². The summed E-state index contributed by atoms with van der Waals surface area (Å²) in [6.07, 6.45) is 10.2. The SMILES string of the molecule is CCn1cc2ncc(N[C@@H](C)c3cccc(NC(=O)c4cnc(C5CCCC5)s4)c3)nc2n1. The number of carbonyl (C=O) groups excluding carboxylic acids is 1. The van der Waals surface area contributed by atoms with E-state index in [1.165, 1.54) is 37.0 Å². The molecule has 0 saturated heterocycles. The maximum Gasteiger partial charge on any atom is 0.267 e. The molecule has 5 rings (SSSR count). The summed E-state index contributed by atoms with van der Waals surface area (Å²) in [5.74, 6) is 1.07. The van der Waals surface area contributed by atoms with Gasteiger partial charge in [0.2, 0.25) is 5.65 Å². The van der Waals surface area contributed by atoms with Crippen LogP contribution >= 0.6 is 11.3 Å². The first-order chi connectivity index (χ1) is 16.1. The van der Waals surface area contributed by atoms with Crippen molar-refractivity contribution in [1.82, 2.24) is 24.7 Å². The molecule has 0 aliphatic heterocycles. The van der Waals surface area contributed by atoms with Crippen molar-refractivity contribution in [2.45, 2.75) is 58.0 Å². The van der Waals surface area contributed by atoms with Crippen molar-refractivity contribution in [3.63, 3.8) is 0 Å². The average Bonchev–Trinajstić information content (AvgIpc) is 3.59. The number of fused-ring (bicyclic) bond motifs is 1. The smallest absolute Gasteiger partial charge is 0.267 e. The monoisotopic (exact) mass is 461 g/mol. The molecule has 1 fully saturated rings. The van der Waals surface area contributed by atoms with E-state index in [4.69, 9.17) is 0 Å². The van der Waals surface area contributed by atoms with Gasteiger partial charge in [0.1, 0.15) is 16.2 Å². The maximum absolute atomic E-state index is 12.8. The number of carbonyl (C=O) groups is 1. The molecule has 1 amide bonds. The molecule has 8 nitrogen and oxygen atoms in total. The number of benzene rings is 1. The van der Waals surface area contributed by atoms with Gasteiger partial charge in [0.05, 0.1) is 29.6 Å². The van der Waals surface area contributed by atoms with Crippen molar-refractivity contribution in [2.75, 3.05) is 10.6 Å². The average molecular weight is 462 g/mol. The first-order valence-electron chi connectivity index (χ1n) is 11.4. The highest BCUT2D eigenvalue weighted by atomic mass is 32.1. The van der Waals surface area contributed by atoms with Crippen LogP contribution in [-0.2, 0) is 6.54 Å². The van der Waals surface area contributed by atoms with Gasteiger partial charge in [0.25, 0.3) is 5.91 Å². The summed E-state index contributed by atoms with van der Waals surface area (Å²) >= 11 is 1.52. The lowest BCUT2D eigenvalue weighted by molar-refractivity contribution is 0.103. The topological polar surface area (TPSA) is 97.6 Å². The minimum Gasteiger partial charge on any atom is -0.362 e. The second kappa shape index (κ2) is 9.27. The molecule has 1 aliphatic rings. The molecule has 3 heterocycles. The van der Waals surface area contributed by atoms with Crippen molar-refractivity contribution < 1.29 is 4.79 Å². The Labute approximate surface area is 196 Å². The van der Waals surface area contributed by atoms with Gasteiger partial charge in [-0.2, -0.15) is 5.10 Å². The van der Waals surface area contributed by atoms with E-state index in [2.05, 4.69) is 37.6 Å². The summed E-state index contributed by atoms with van der Waals surface area (Å²) in [6.45, 7) is 4.86. The van der Waals surface area contributed by atoms with E-state index in [-0.39, 0.29) is 11.9 Å². The van der Waals surface area contributed by atoms with Gasteiger partial charge in [-0.05, 0) is 44.4 Å². The fourth-order valence-electron chi connectivity index (χ4n) is 4.21. The van der Waals surface area contributed by atoms with Crippen molar-refractivity contribution >= 4 is 39.9 Å². The molecule has 0 unspecified atom stereocenters. The number of thiazole rings is 1. The fourth-order valence-corrected chi connectivity index (χ4v) is 5.20. The Hall–Kier alpha value is -3.33. The zero-order chi connectivity index (χ0) is 22.8. The molecular weight excluding hydrogens is 434 g/mol. The van der Waals surface area contributed by atoms with E-state index in [9.17, 15) is 4.79 Å². The van der Waals surface area contributed by atoms with Crippen LogP contribution in [-0.4, -0.2) is 30.6 Å². The molecule has 170 valence electrons. The van der Waals surface area contributed by atoms with Gasteiger partial charge in [-0.3, -0.25) is 9.48 Å². The molecule has 3 aromatic heterocycles. The van der Waals surface area contributed by atoms with E-state index in [1.54, 1.807) is 12.4 Å². The van der Waals surface area contributed by atoms with Crippen molar-refractivity contribution in [2.24, 2.45) is 0 Å². The minimum absolute atomic E-state index is 0.0285. The summed E-state index contributed by atoms with van der Waals surface area (Å²) < 4.78 is 1.82. The predicted octanol–water partition coefficient (Wildman–Crippen LogP) is 5.39. The zero-order valence-corrected chi connectivity index (χ0v) is 19.6. The molecule has 1 atom stereocenters. The van der Waals surface area contributed by atoms with Gasteiger partial charge in [0.15, 0.2) is 0 Å². The van der Waals surface area contributed by atoms with Gasteiger partial charge in [-0.25, -0.2) is 15.0 Å². The van der Waals surface area contributed by atoms with E-state index in [0.29, 0.717) is 22.3 Å². The van der Waals surface area contributed by atoms with E-state index in [1.807, 2.05) is 42.1 Å². The predicted molar refractivity (Wildman–Crippen MR) is 131 cm³/mol. The molecular formula is C24H27N7OS. The summed E-state index contributed by atoms with van der Waals surface area (Å²) in [7, 11) is 0. The quantitative estimate of drug-likeness (QED) is 0.383. The molecule has 1 saturated carbocycles. The molecule has 4 aromatic rings. The summed E-state index contributed by atoms with van der Waals surface area (Å²) in [6, 6.07) is 7.81. The Kier molecular flexibility index (Phi) is 6.04. The first-order valence-corrected chi connectivity index (χ1v) is 12.2. The molecule has 0 spiro atoms. The number of amides is 1. The molecule has 9 heteroatoms. The van der Waals surface area contributed by atoms with Crippen molar-refractivity contribution in [3.05, 3.63) is 58.3 Å². The van der Waals surface area contributed by atoms with Gasteiger partial charge in [-0.15, -0.1) is 11.3 Å². The molecule has 1 aliphatic carbocycles. The number of aromatic nitrogens is 5. The van der Waals surface area contributed by atoms with Crippen LogP contribution in [0.5, 0.6) is 0 Å².